The average Bonchev–Trinajstić information content (AvgIpc) is 3.22. The third-order valence-corrected chi connectivity index (χ3v) is 6.83. The Morgan fingerprint density at radius 3 is 2.73 bits per heavy atom. The molecule has 7 heteroatoms. The molecule has 0 unspecified atom stereocenters. The second-order valence-electron chi connectivity index (χ2n) is 7.99. The van der Waals surface area contributed by atoms with Gasteiger partial charge in [-0.3, -0.25) is 0 Å². The third-order valence-electron chi connectivity index (χ3n) is 6.10. The van der Waals surface area contributed by atoms with Crippen LogP contribution in [-0.4, -0.2) is 35.8 Å². The van der Waals surface area contributed by atoms with Gasteiger partial charge in [0.2, 0.25) is 0 Å². The van der Waals surface area contributed by atoms with Gasteiger partial charge in [0.15, 0.2) is 0 Å². The molecular formula is C26H24FN3O2S. The fourth-order valence-electron chi connectivity index (χ4n) is 4.50. The van der Waals surface area contributed by atoms with E-state index < -0.39 is 0 Å². The largest absolute Gasteiger partial charge is 0.497 e. The highest BCUT2D eigenvalue weighted by Gasteiger charge is 2.34. The van der Waals surface area contributed by atoms with E-state index in [2.05, 4.69) is 10.3 Å². The Morgan fingerprint density at radius 2 is 1.97 bits per heavy atom. The van der Waals surface area contributed by atoms with E-state index in [1.807, 2.05) is 53.6 Å². The van der Waals surface area contributed by atoms with Crippen molar-refractivity contribution in [3.05, 3.63) is 89.4 Å². The van der Waals surface area contributed by atoms with Gasteiger partial charge < -0.3 is 19.9 Å². The number of rotatable bonds is 4. The van der Waals surface area contributed by atoms with Crippen LogP contribution in [0.25, 0.3) is 10.9 Å². The number of H-pyrrole nitrogens is 1. The summed E-state index contributed by atoms with van der Waals surface area (Å²) in [4.78, 5) is 19.9. The zero-order chi connectivity index (χ0) is 22.9. The van der Waals surface area contributed by atoms with Crippen molar-refractivity contribution in [3.63, 3.8) is 0 Å². The summed E-state index contributed by atoms with van der Waals surface area (Å²) in [5.74, 6) is 0.484. The van der Waals surface area contributed by atoms with Crippen molar-refractivity contribution in [1.29, 1.82) is 0 Å². The van der Waals surface area contributed by atoms with E-state index in [4.69, 9.17) is 4.74 Å². The van der Waals surface area contributed by atoms with Gasteiger partial charge in [0, 0.05) is 33.7 Å². The Kier molecular flexibility index (Phi) is 5.72. The Balaban J connectivity index is 1.56. The first kappa shape index (κ1) is 21.4. The summed E-state index contributed by atoms with van der Waals surface area (Å²) in [6.07, 6.45) is 2.71. The summed E-state index contributed by atoms with van der Waals surface area (Å²) in [6.45, 7) is 0.535. The normalized spacial score (nSPS) is 15.4. The number of nitrogens with one attached hydrogen (secondary N) is 2. The SMILES string of the molecule is COc1ccc2[nH]c3c(c2c1)CCN(C(=O)Nc1cccc(SC)c1)[C@H]3c1ccc(F)cc1. The maximum atomic E-state index is 13.7. The number of nitrogens with zero attached hydrogens (tertiary/aromatic N) is 1. The molecule has 0 aliphatic carbocycles. The number of fused-ring (bicyclic) bond motifs is 3. The first-order valence-electron chi connectivity index (χ1n) is 10.7. The molecule has 1 aliphatic heterocycles. The average molecular weight is 462 g/mol. The highest BCUT2D eigenvalue weighted by molar-refractivity contribution is 7.98. The third kappa shape index (κ3) is 4.04. The molecule has 0 bridgehead atoms. The van der Waals surface area contributed by atoms with Gasteiger partial charge in [-0.25, -0.2) is 9.18 Å². The predicted octanol–water partition coefficient (Wildman–Crippen LogP) is 6.22. The molecule has 168 valence electrons. The van der Waals surface area contributed by atoms with Crippen molar-refractivity contribution in [2.75, 3.05) is 25.2 Å². The van der Waals surface area contributed by atoms with Crippen LogP contribution in [0.1, 0.15) is 22.9 Å². The lowest BCUT2D eigenvalue weighted by Crippen LogP contribution is -2.43. The van der Waals surface area contributed by atoms with Crippen molar-refractivity contribution in [2.45, 2.75) is 17.4 Å². The Bertz CT molecular complexity index is 1320. The standard InChI is InChI=1S/C26H24FN3O2S/c1-32-19-10-11-23-22(15-19)21-12-13-30(26(31)28-18-4-3-5-20(14-18)33-2)25(24(21)29-23)16-6-8-17(27)9-7-16/h3-11,14-15,25,29H,12-13H2,1-2H3,(H,28,31)/t25-/m0/s1. The minimum Gasteiger partial charge on any atom is -0.497 e. The number of hydrogen-bond acceptors (Lipinski definition) is 3. The number of anilines is 1. The number of urea groups is 1. The fraction of sp³-hybridized carbons (Fsp3) is 0.192. The number of carbonyl (C=O) groups excluding carboxylic acids is 1. The monoisotopic (exact) mass is 461 g/mol. The molecule has 0 fully saturated rings. The van der Waals surface area contributed by atoms with Gasteiger partial charge in [0.25, 0.3) is 0 Å². The van der Waals surface area contributed by atoms with E-state index in [-0.39, 0.29) is 17.9 Å². The second kappa shape index (κ2) is 8.83. The molecule has 0 spiro atoms. The van der Waals surface area contributed by atoms with Gasteiger partial charge in [-0.2, -0.15) is 0 Å². The van der Waals surface area contributed by atoms with Crippen LogP contribution in [0.3, 0.4) is 0 Å². The number of hydrogen-bond donors (Lipinski definition) is 2. The minimum atomic E-state index is -0.364. The molecule has 2 heterocycles. The van der Waals surface area contributed by atoms with Gasteiger partial charge in [0.05, 0.1) is 13.2 Å². The minimum absolute atomic E-state index is 0.190. The van der Waals surface area contributed by atoms with E-state index in [0.29, 0.717) is 13.0 Å². The van der Waals surface area contributed by atoms with Gasteiger partial charge in [-0.05, 0) is 72.3 Å². The zero-order valence-electron chi connectivity index (χ0n) is 18.4. The number of aromatic nitrogens is 1. The van der Waals surface area contributed by atoms with Crippen LogP contribution in [-0.2, 0) is 6.42 Å². The number of methoxy groups -OCH3 is 1. The number of thioether (sulfide) groups is 1. The van der Waals surface area contributed by atoms with Crippen LogP contribution in [0.4, 0.5) is 14.9 Å². The van der Waals surface area contributed by atoms with E-state index in [9.17, 15) is 9.18 Å². The quantitative estimate of drug-likeness (QED) is 0.355. The molecule has 2 amide bonds. The lowest BCUT2D eigenvalue weighted by molar-refractivity contribution is 0.193. The molecule has 3 aromatic carbocycles. The van der Waals surface area contributed by atoms with Crippen LogP contribution < -0.4 is 10.1 Å². The molecule has 5 rings (SSSR count). The molecule has 1 aliphatic rings. The van der Waals surface area contributed by atoms with E-state index in [1.54, 1.807) is 31.0 Å². The molecule has 2 N–H and O–H groups in total. The number of benzene rings is 3. The van der Waals surface area contributed by atoms with Crippen LogP contribution in [0.5, 0.6) is 5.75 Å². The van der Waals surface area contributed by atoms with Gasteiger partial charge in [0.1, 0.15) is 11.6 Å². The Labute approximate surface area is 195 Å². The summed E-state index contributed by atoms with van der Waals surface area (Å²) >= 11 is 1.62. The van der Waals surface area contributed by atoms with Gasteiger partial charge >= 0.3 is 6.03 Å². The summed E-state index contributed by atoms with van der Waals surface area (Å²) < 4.78 is 19.1. The summed E-state index contributed by atoms with van der Waals surface area (Å²) in [6, 6.07) is 19.5. The molecule has 0 saturated heterocycles. The molecule has 1 atom stereocenters. The topological polar surface area (TPSA) is 57.4 Å². The number of ether oxygens (including phenoxy) is 1. The Hall–Kier alpha value is -3.45. The van der Waals surface area contributed by atoms with Crippen molar-refractivity contribution in [1.82, 2.24) is 9.88 Å². The van der Waals surface area contributed by atoms with Crippen molar-refractivity contribution >= 4 is 34.4 Å². The number of amides is 2. The number of carbonyl (C=O) groups is 1. The molecule has 0 radical (unpaired) electrons. The van der Waals surface area contributed by atoms with Gasteiger partial charge in [-0.1, -0.05) is 18.2 Å². The molecular weight excluding hydrogens is 437 g/mol. The molecule has 0 saturated carbocycles. The second-order valence-corrected chi connectivity index (χ2v) is 8.87. The van der Waals surface area contributed by atoms with Crippen molar-refractivity contribution < 1.29 is 13.9 Å². The number of halogens is 1. The fourth-order valence-corrected chi connectivity index (χ4v) is 4.96. The van der Waals surface area contributed by atoms with Crippen LogP contribution >= 0.6 is 11.8 Å². The molecule has 4 aromatic rings. The zero-order valence-corrected chi connectivity index (χ0v) is 19.2. The van der Waals surface area contributed by atoms with Gasteiger partial charge in [-0.15, -0.1) is 11.8 Å². The molecule has 5 nitrogen and oxygen atoms in total. The highest BCUT2D eigenvalue weighted by Crippen LogP contribution is 2.39. The van der Waals surface area contributed by atoms with E-state index in [1.165, 1.54) is 12.1 Å². The van der Waals surface area contributed by atoms with Crippen LogP contribution in [0, 0.1) is 5.82 Å². The van der Waals surface area contributed by atoms with Crippen molar-refractivity contribution in [2.24, 2.45) is 0 Å². The number of aromatic amines is 1. The van der Waals surface area contributed by atoms with E-state index >= 15 is 0 Å². The maximum Gasteiger partial charge on any atom is 0.322 e. The summed E-state index contributed by atoms with van der Waals surface area (Å²) in [5, 5.41) is 4.13. The summed E-state index contributed by atoms with van der Waals surface area (Å²) in [7, 11) is 1.65. The summed E-state index contributed by atoms with van der Waals surface area (Å²) in [5.41, 5.74) is 4.69. The van der Waals surface area contributed by atoms with Crippen molar-refractivity contribution in [3.8, 4) is 5.75 Å². The first-order valence-corrected chi connectivity index (χ1v) is 12.0. The molecule has 1 aromatic heterocycles. The highest BCUT2D eigenvalue weighted by atomic mass is 32.2. The maximum absolute atomic E-state index is 13.7. The predicted molar refractivity (Wildman–Crippen MR) is 131 cm³/mol. The lowest BCUT2D eigenvalue weighted by Gasteiger charge is -2.36. The van der Waals surface area contributed by atoms with Crippen LogP contribution in [0.2, 0.25) is 0 Å². The van der Waals surface area contributed by atoms with E-state index in [0.717, 1.165) is 44.1 Å². The lowest BCUT2D eigenvalue weighted by atomic mass is 9.92. The smallest absolute Gasteiger partial charge is 0.322 e. The van der Waals surface area contributed by atoms with Crippen LogP contribution in [0.15, 0.2) is 71.6 Å². The first-order chi connectivity index (χ1) is 16.1. The molecule has 33 heavy (non-hydrogen) atoms. The Morgan fingerprint density at radius 1 is 1.15 bits per heavy atom.